The van der Waals surface area contributed by atoms with Crippen LogP contribution in [-0.2, 0) is 5.75 Å². The van der Waals surface area contributed by atoms with Gasteiger partial charge in [0.15, 0.2) is 0 Å². The monoisotopic (exact) mass is 423 g/mol. The average Bonchev–Trinajstić information content (AvgIpc) is 3.44. The number of aryl methyl sites for hydroxylation is 1. The van der Waals surface area contributed by atoms with Gasteiger partial charge in [-0.25, -0.2) is 4.98 Å². The van der Waals surface area contributed by atoms with Crippen LogP contribution >= 0.6 is 23.1 Å². The lowest BCUT2D eigenvalue weighted by Crippen LogP contribution is -2.25. The first-order valence-corrected chi connectivity index (χ1v) is 11.3. The Balaban J connectivity index is 1.45. The van der Waals surface area contributed by atoms with E-state index in [0.717, 1.165) is 28.4 Å². The van der Waals surface area contributed by atoms with E-state index in [4.69, 9.17) is 0 Å². The normalized spacial score (nSPS) is 13.1. The second-order valence-corrected chi connectivity index (χ2v) is 9.06. The smallest absolute Gasteiger partial charge is 0.255 e. The number of nitrogens with one attached hydrogen (secondary N) is 2. The first kappa shape index (κ1) is 19.7. The van der Waals surface area contributed by atoms with Crippen molar-refractivity contribution >= 4 is 40.6 Å². The lowest BCUT2D eigenvalue weighted by atomic mass is 10.1. The van der Waals surface area contributed by atoms with Crippen molar-refractivity contribution in [1.29, 1.82) is 0 Å². The number of nitrogens with zero attached hydrogens (tertiary/aromatic N) is 1. The molecule has 29 heavy (non-hydrogen) atoms. The number of rotatable bonds is 7. The van der Waals surface area contributed by atoms with E-state index in [9.17, 15) is 9.59 Å². The Labute approximate surface area is 178 Å². The molecular weight excluding hydrogens is 402 g/mol. The van der Waals surface area contributed by atoms with Gasteiger partial charge < -0.3 is 10.6 Å². The van der Waals surface area contributed by atoms with Crippen LogP contribution < -0.4 is 10.6 Å². The molecule has 0 bridgehead atoms. The maximum Gasteiger partial charge on any atom is 0.255 e. The minimum absolute atomic E-state index is 0.0980. The van der Waals surface area contributed by atoms with Crippen LogP contribution in [0.1, 0.15) is 44.8 Å². The zero-order valence-electron chi connectivity index (χ0n) is 16.0. The minimum Gasteiger partial charge on any atom is -0.349 e. The van der Waals surface area contributed by atoms with Crippen molar-refractivity contribution < 1.29 is 9.59 Å². The van der Waals surface area contributed by atoms with Crippen LogP contribution in [0, 0.1) is 6.92 Å². The van der Waals surface area contributed by atoms with Gasteiger partial charge in [-0.1, -0.05) is 36.0 Å². The molecule has 2 amide bonds. The summed E-state index contributed by atoms with van der Waals surface area (Å²) in [7, 11) is 0. The van der Waals surface area contributed by atoms with Crippen molar-refractivity contribution in [2.24, 2.45) is 0 Å². The molecule has 1 fully saturated rings. The number of hydrogen-bond donors (Lipinski definition) is 2. The molecule has 148 valence electrons. The number of thiazole rings is 1. The summed E-state index contributed by atoms with van der Waals surface area (Å²) >= 11 is 3.24. The highest BCUT2D eigenvalue weighted by Gasteiger charge is 2.24. The first-order chi connectivity index (χ1) is 14.1. The number of anilines is 1. The third-order valence-electron chi connectivity index (χ3n) is 4.51. The number of thioether (sulfide) groups is 1. The molecule has 1 heterocycles. The number of aromatic nitrogens is 1. The van der Waals surface area contributed by atoms with Gasteiger partial charge in [-0.05, 0) is 49.6 Å². The van der Waals surface area contributed by atoms with Crippen LogP contribution in [0.2, 0.25) is 0 Å². The molecule has 0 atom stereocenters. The van der Waals surface area contributed by atoms with Gasteiger partial charge in [-0.15, -0.1) is 11.3 Å². The summed E-state index contributed by atoms with van der Waals surface area (Å²) in [5, 5.41) is 7.91. The molecule has 0 aliphatic heterocycles. The molecule has 2 N–H and O–H groups in total. The Morgan fingerprint density at radius 1 is 1.14 bits per heavy atom. The van der Waals surface area contributed by atoms with E-state index in [2.05, 4.69) is 15.6 Å². The molecular formula is C22H21N3O2S2. The topological polar surface area (TPSA) is 71.1 Å². The third kappa shape index (κ3) is 5.25. The second kappa shape index (κ2) is 8.80. The third-order valence-corrected chi connectivity index (χ3v) is 6.69. The van der Waals surface area contributed by atoms with Crippen molar-refractivity contribution in [3.63, 3.8) is 0 Å². The Bertz CT molecular complexity index is 1040. The molecule has 1 aromatic heterocycles. The molecule has 1 saturated carbocycles. The fourth-order valence-electron chi connectivity index (χ4n) is 2.84. The number of carbonyl (C=O) groups excluding carboxylic acids is 2. The predicted octanol–water partition coefficient (Wildman–Crippen LogP) is 4.89. The largest absolute Gasteiger partial charge is 0.349 e. The number of amides is 2. The van der Waals surface area contributed by atoms with Gasteiger partial charge in [-0.3, -0.25) is 9.59 Å². The van der Waals surface area contributed by atoms with Crippen molar-refractivity contribution in [3.8, 4) is 0 Å². The van der Waals surface area contributed by atoms with Crippen molar-refractivity contribution in [2.45, 2.75) is 35.9 Å². The maximum atomic E-state index is 12.9. The standard InChI is InChI=1S/C22H21N3O2S2/c1-14-12-28-22(23-14)29-13-16-5-2-3-8-19(16)21(27)25-18-7-4-6-15(11-18)20(26)24-17-9-10-17/h2-8,11-12,17H,9-10,13H2,1H3,(H,24,26)(H,25,27). The fraction of sp³-hybridized carbons (Fsp3) is 0.227. The zero-order valence-corrected chi connectivity index (χ0v) is 17.6. The molecule has 0 saturated heterocycles. The fourth-order valence-corrected chi connectivity index (χ4v) is 4.69. The molecule has 1 aliphatic carbocycles. The summed E-state index contributed by atoms with van der Waals surface area (Å²) in [5.74, 6) is 0.385. The summed E-state index contributed by atoms with van der Waals surface area (Å²) < 4.78 is 0.993. The average molecular weight is 424 g/mol. The van der Waals surface area contributed by atoms with Gasteiger partial charge in [0.1, 0.15) is 4.34 Å². The highest BCUT2D eigenvalue weighted by Crippen LogP contribution is 2.27. The van der Waals surface area contributed by atoms with Gasteiger partial charge in [0.05, 0.1) is 0 Å². The van der Waals surface area contributed by atoms with Crippen LogP contribution in [0.4, 0.5) is 5.69 Å². The maximum absolute atomic E-state index is 12.9. The van der Waals surface area contributed by atoms with E-state index < -0.39 is 0 Å². The van der Waals surface area contributed by atoms with Crippen LogP contribution in [0.5, 0.6) is 0 Å². The Kier molecular flexibility index (Phi) is 5.97. The van der Waals surface area contributed by atoms with Crippen LogP contribution in [-0.4, -0.2) is 22.8 Å². The van der Waals surface area contributed by atoms with Gasteiger partial charge in [0.2, 0.25) is 0 Å². The first-order valence-electron chi connectivity index (χ1n) is 9.43. The van der Waals surface area contributed by atoms with E-state index in [1.165, 1.54) is 0 Å². The van der Waals surface area contributed by atoms with Crippen molar-refractivity contribution in [1.82, 2.24) is 10.3 Å². The van der Waals surface area contributed by atoms with Crippen LogP contribution in [0.25, 0.3) is 0 Å². The molecule has 4 rings (SSSR count). The molecule has 7 heteroatoms. The van der Waals surface area contributed by atoms with E-state index in [1.54, 1.807) is 47.4 Å². The lowest BCUT2D eigenvalue weighted by molar-refractivity contribution is 0.0949. The summed E-state index contributed by atoms with van der Waals surface area (Å²) in [6.45, 7) is 1.97. The SMILES string of the molecule is Cc1csc(SCc2ccccc2C(=O)Nc2cccc(C(=O)NC3CC3)c2)n1. The van der Waals surface area contributed by atoms with E-state index in [1.807, 2.05) is 36.6 Å². The molecule has 0 spiro atoms. The lowest BCUT2D eigenvalue weighted by Gasteiger charge is -2.11. The molecule has 3 aromatic rings. The molecule has 0 unspecified atom stereocenters. The summed E-state index contributed by atoms with van der Waals surface area (Å²) in [5.41, 5.74) is 3.75. The molecule has 5 nitrogen and oxygen atoms in total. The highest BCUT2D eigenvalue weighted by molar-refractivity contribution is 8.00. The van der Waals surface area contributed by atoms with Crippen molar-refractivity contribution in [2.75, 3.05) is 5.32 Å². The van der Waals surface area contributed by atoms with Crippen LogP contribution in [0.3, 0.4) is 0 Å². The van der Waals surface area contributed by atoms with Gasteiger partial charge in [0.25, 0.3) is 11.8 Å². The summed E-state index contributed by atoms with van der Waals surface area (Å²) in [4.78, 5) is 29.6. The van der Waals surface area contributed by atoms with Crippen molar-refractivity contribution in [3.05, 3.63) is 76.3 Å². The number of carbonyl (C=O) groups is 2. The van der Waals surface area contributed by atoms with Gasteiger partial charge in [-0.2, -0.15) is 0 Å². The van der Waals surface area contributed by atoms with E-state index >= 15 is 0 Å². The molecule has 1 aliphatic rings. The molecule has 0 radical (unpaired) electrons. The van der Waals surface area contributed by atoms with Crippen LogP contribution in [0.15, 0.2) is 58.3 Å². The second-order valence-electron chi connectivity index (χ2n) is 6.98. The number of hydrogen-bond acceptors (Lipinski definition) is 5. The summed E-state index contributed by atoms with van der Waals surface area (Å²) in [6.07, 6.45) is 2.08. The molecule has 2 aromatic carbocycles. The van der Waals surface area contributed by atoms with Gasteiger partial charge in [0, 0.05) is 39.7 Å². The Hall–Kier alpha value is -2.64. The Morgan fingerprint density at radius 2 is 1.97 bits per heavy atom. The number of benzene rings is 2. The predicted molar refractivity (Wildman–Crippen MR) is 118 cm³/mol. The Morgan fingerprint density at radius 3 is 2.72 bits per heavy atom. The van der Waals surface area contributed by atoms with E-state index in [-0.39, 0.29) is 11.8 Å². The quantitative estimate of drug-likeness (QED) is 0.531. The van der Waals surface area contributed by atoms with Gasteiger partial charge >= 0.3 is 0 Å². The van der Waals surface area contributed by atoms with E-state index in [0.29, 0.717) is 28.6 Å². The zero-order chi connectivity index (χ0) is 20.2. The minimum atomic E-state index is -0.184. The highest BCUT2D eigenvalue weighted by atomic mass is 32.2. The summed E-state index contributed by atoms with van der Waals surface area (Å²) in [6, 6.07) is 14.9.